The molecule has 0 saturated carbocycles. The number of carbonyl (C=O) groups excluding carboxylic acids is 1. The van der Waals surface area contributed by atoms with Gasteiger partial charge in [-0.15, -0.1) is 10.2 Å². The molecule has 180 valence electrons. The predicted octanol–water partition coefficient (Wildman–Crippen LogP) is 1.87. The van der Waals surface area contributed by atoms with Crippen LogP contribution in [0, 0.1) is 5.92 Å². The van der Waals surface area contributed by atoms with E-state index in [2.05, 4.69) is 36.9 Å². The fourth-order valence-electron chi connectivity index (χ4n) is 4.78. The van der Waals surface area contributed by atoms with Crippen LogP contribution >= 0.6 is 0 Å². The van der Waals surface area contributed by atoms with Crippen LogP contribution in [-0.2, 0) is 24.3 Å². The number of rotatable bonds is 7. The summed E-state index contributed by atoms with van der Waals surface area (Å²) in [5.41, 5.74) is 1.11. The third-order valence-corrected chi connectivity index (χ3v) is 6.86. The summed E-state index contributed by atoms with van der Waals surface area (Å²) in [6.07, 6.45) is 2.64. The SMILES string of the molecule is COc1ccc(OC)c(CN2CCc3nnc([C@H](C)NC(=O)C4CCN(C)CC4)n3CC2)c1. The van der Waals surface area contributed by atoms with Crippen LogP contribution in [0.3, 0.4) is 0 Å². The minimum Gasteiger partial charge on any atom is -0.497 e. The van der Waals surface area contributed by atoms with Crippen molar-refractivity contribution in [2.75, 3.05) is 47.4 Å². The number of aromatic nitrogens is 3. The lowest BCUT2D eigenvalue weighted by Crippen LogP contribution is -2.40. The van der Waals surface area contributed by atoms with Crippen LogP contribution in [0.4, 0.5) is 0 Å². The van der Waals surface area contributed by atoms with E-state index in [1.807, 2.05) is 25.1 Å². The molecular formula is C24H36N6O3. The molecule has 2 aromatic rings. The largest absolute Gasteiger partial charge is 0.497 e. The third-order valence-electron chi connectivity index (χ3n) is 6.86. The molecule has 0 bridgehead atoms. The molecule has 4 rings (SSSR count). The fourth-order valence-corrected chi connectivity index (χ4v) is 4.78. The highest BCUT2D eigenvalue weighted by Crippen LogP contribution is 2.26. The molecule has 33 heavy (non-hydrogen) atoms. The second-order valence-corrected chi connectivity index (χ2v) is 9.14. The summed E-state index contributed by atoms with van der Waals surface area (Å²) in [4.78, 5) is 17.5. The number of nitrogens with zero attached hydrogens (tertiary/aromatic N) is 5. The third kappa shape index (κ3) is 5.47. The van der Waals surface area contributed by atoms with Gasteiger partial charge in [0, 0.05) is 44.1 Å². The molecule has 0 spiro atoms. The van der Waals surface area contributed by atoms with E-state index in [0.29, 0.717) is 0 Å². The van der Waals surface area contributed by atoms with Crippen LogP contribution in [0.2, 0.25) is 0 Å². The molecule has 1 aromatic heterocycles. The number of methoxy groups -OCH3 is 2. The first kappa shape index (κ1) is 23.5. The molecule has 0 radical (unpaired) electrons. The number of benzene rings is 1. The topological polar surface area (TPSA) is 84.8 Å². The molecular weight excluding hydrogens is 420 g/mol. The molecule has 2 aliphatic rings. The number of likely N-dealkylation sites (tertiary alicyclic amines) is 1. The Morgan fingerprint density at radius 3 is 2.64 bits per heavy atom. The van der Waals surface area contributed by atoms with E-state index >= 15 is 0 Å². The van der Waals surface area contributed by atoms with Crippen molar-refractivity contribution in [3.8, 4) is 11.5 Å². The van der Waals surface area contributed by atoms with E-state index in [1.54, 1.807) is 14.2 Å². The van der Waals surface area contributed by atoms with Crippen molar-refractivity contribution in [1.29, 1.82) is 0 Å². The Labute approximate surface area is 196 Å². The Morgan fingerprint density at radius 1 is 1.12 bits per heavy atom. The van der Waals surface area contributed by atoms with Crippen molar-refractivity contribution in [2.24, 2.45) is 5.92 Å². The van der Waals surface area contributed by atoms with Crippen LogP contribution in [0.5, 0.6) is 11.5 Å². The molecule has 1 saturated heterocycles. The van der Waals surface area contributed by atoms with E-state index in [0.717, 1.165) is 87.2 Å². The number of hydrogen-bond acceptors (Lipinski definition) is 7. The summed E-state index contributed by atoms with van der Waals surface area (Å²) in [7, 11) is 5.48. The van der Waals surface area contributed by atoms with Gasteiger partial charge in [-0.1, -0.05) is 0 Å². The van der Waals surface area contributed by atoms with E-state index in [-0.39, 0.29) is 17.9 Å². The zero-order valence-corrected chi connectivity index (χ0v) is 20.2. The van der Waals surface area contributed by atoms with Gasteiger partial charge in [0.2, 0.25) is 5.91 Å². The molecule has 1 fully saturated rings. The summed E-state index contributed by atoms with van der Waals surface area (Å²) in [6.45, 7) is 7.27. The molecule has 1 N–H and O–H groups in total. The van der Waals surface area contributed by atoms with Crippen molar-refractivity contribution in [3.05, 3.63) is 35.4 Å². The van der Waals surface area contributed by atoms with Crippen molar-refractivity contribution in [1.82, 2.24) is 29.9 Å². The Kier molecular flexibility index (Phi) is 7.49. The lowest BCUT2D eigenvalue weighted by atomic mass is 9.96. The van der Waals surface area contributed by atoms with Gasteiger partial charge >= 0.3 is 0 Å². The minimum atomic E-state index is -0.163. The number of carbonyl (C=O) groups is 1. The summed E-state index contributed by atoms with van der Waals surface area (Å²) in [5, 5.41) is 12.1. The van der Waals surface area contributed by atoms with Gasteiger partial charge in [0.25, 0.3) is 0 Å². The van der Waals surface area contributed by atoms with E-state index < -0.39 is 0 Å². The van der Waals surface area contributed by atoms with E-state index in [1.165, 1.54) is 0 Å². The normalized spacial score (nSPS) is 18.9. The molecule has 0 unspecified atom stereocenters. The summed E-state index contributed by atoms with van der Waals surface area (Å²) in [5.74, 6) is 3.73. The molecule has 9 heteroatoms. The van der Waals surface area contributed by atoms with Gasteiger partial charge in [-0.3, -0.25) is 9.69 Å². The zero-order chi connectivity index (χ0) is 23.4. The van der Waals surface area contributed by atoms with Crippen molar-refractivity contribution in [3.63, 3.8) is 0 Å². The predicted molar refractivity (Wildman–Crippen MR) is 125 cm³/mol. The first-order valence-corrected chi connectivity index (χ1v) is 11.8. The van der Waals surface area contributed by atoms with Gasteiger partial charge in [0.1, 0.15) is 17.3 Å². The highest BCUT2D eigenvalue weighted by Gasteiger charge is 2.27. The van der Waals surface area contributed by atoms with Gasteiger partial charge < -0.3 is 24.3 Å². The summed E-state index contributed by atoms with van der Waals surface area (Å²) < 4.78 is 13.1. The van der Waals surface area contributed by atoms with E-state index in [4.69, 9.17) is 9.47 Å². The molecule has 1 aromatic carbocycles. The number of hydrogen-bond donors (Lipinski definition) is 1. The number of amides is 1. The average molecular weight is 457 g/mol. The van der Waals surface area contributed by atoms with Gasteiger partial charge in [-0.25, -0.2) is 0 Å². The fraction of sp³-hybridized carbons (Fsp3) is 0.625. The van der Waals surface area contributed by atoms with Crippen LogP contribution in [0.25, 0.3) is 0 Å². The molecule has 1 atom stereocenters. The second kappa shape index (κ2) is 10.5. The highest BCUT2D eigenvalue weighted by molar-refractivity contribution is 5.79. The quantitative estimate of drug-likeness (QED) is 0.681. The van der Waals surface area contributed by atoms with Crippen LogP contribution in [-0.4, -0.2) is 77.9 Å². The van der Waals surface area contributed by atoms with Gasteiger partial charge in [-0.2, -0.15) is 0 Å². The first-order chi connectivity index (χ1) is 16.0. The Morgan fingerprint density at radius 2 is 1.91 bits per heavy atom. The minimum absolute atomic E-state index is 0.0866. The van der Waals surface area contributed by atoms with Crippen molar-refractivity contribution >= 4 is 5.91 Å². The maximum atomic E-state index is 12.8. The highest BCUT2D eigenvalue weighted by atomic mass is 16.5. The lowest BCUT2D eigenvalue weighted by molar-refractivity contribution is -0.127. The maximum Gasteiger partial charge on any atom is 0.223 e. The number of piperidine rings is 1. The van der Waals surface area contributed by atoms with Crippen LogP contribution in [0.15, 0.2) is 18.2 Å². The number of fused-ring (bicyclic) bond motifs is 1. The Hall–Kier alpha value is -2.65. The first-order valence-electron chi connectivity index (χ1n) is 11.8. The zero-order valence-electron chi connectivity index (χ0n) is 20.2. The number of ether oxygens (including phenoxy) is 2. The monoisotopic (exact) mass is 456 g/mol. The lowest BCUT2D eigenvalue weighted by Gasteiger charge is -2.29. The molecule has 9 nitrogen and oxygen atoms in total. The molecule has 3 heterocycles. The van der Waals surface area contributed by atoms with Crippen molar-refractivity contribution < 1.29 is 14.3 Å². The Bertz CT molecular complexity index is 954. The maximum absolute atomic E-state index is 12.8. The number of nitrogens with one attached hydrogen (secondary N) is 1. The summed E-state index contributed by atoms with van der Waals surface area (Å²) in [6, 6.07) is 5.74. The Balaban J connectivity index is 1.39. The molecule has 0 aliphatic carbocycles. The smallest absolute Gasteiger partial charge is 0.223 e. The van der Waals surface area contributed by atoms with Crippen LogP contribution < -0.4 is 14.8 Å². The summed E-state index contributed by atoms with van der Waals surface area (Å²) >= 11 is 0. The van der Waals surface area contributed by atoms with E-state index in [9.17, 15) is 4.79 Å². The van der Waals surface area contributed by atoms with Gasteiger partial charge in [0.05, 0.1) is 20.3 Å². The van der Waals surface area contributed by atoms with Crippen molar-refractivity contribution in [2.45, 2.75) is 45.3 Å². The van der Waals surface area contributed by atoms with Gasteiger partial charge in [-0.05, 0) is 58.1 Å². The molecule has 2 aliphatic heterocycles. The molecule has 1 amide bonds. The average Bonchev–Trinajstić information content (AvgIpc) is 3.13. The van der Waals surface area contributed by atoms with Crippen LogP contribution in [0.1, 0.15) is 43.0 Å². The standard InChI is InChI=1S/C24H36N6O3/c1-17(25-24(31)18-7-10-28(2)11-8-18)23-27-26-22-9-12-29(13-14-30(22)23)16-19-15-20(32-3)5-6-21(19)33-4/h5-6,15,17-18H,7-14,16H2,1-4H3,(H,25,31)/t17-/m0/s1. The van der Waals surface area contributed by atoms with Gasteiger partial charge in [0.15, 0.2) is 5.82 Å². The second-order valence-electron chi connectivity index (χ2n) is 9.14.